The fourth-order valence-corrected chi connectivity index (χ4v) is 3.21. The number of hydrogen-bond acceptors (Lipinski definition) is 3. The highest BCUT2D eigenvalue weighted by molar-refractivity contribution is 5.86. The van der Waals surface area contributed by atoms with Crippen LogP contribution in [0.1, 0.15) is 40.9 Å². The van der Waals surface area contributed by atoms with Gasteiger partial charge in [-0.3, -0.25) is 9.78 Å². The number of carbonyl (C=O) groups excluding carboxylic acids is 1. The van der Waals surface area contributed by atoms with E-state index < -0.39 is 0 Å². The summed E-state index contributed by atoms with van der Waals surface area (Å²) in [5, 5.41) is 13.0. The lowest BCUT2D eigenvalue weighted by molar-refractivity contribution is -0.121. The predicted molar refractivity (Wildman–Crippen MR) is 103 cm³/mol. The highest BCUT2D eigenvalue weighted by Crippen LogP contribution is 2.23. The molecule has 0 radical (unpaired) electrons. The number of aryl methyl sites for hydroxylation is 2. The highest BCUT2D eigenvalue weighted by atomic mass is 16.1. The van der Waals surface area contributed by atoms with E-state index in [1.807, 2.05) is 57.2 Å². The first-order valence-corrected chi connectivity index (χ1v) is 8.64. The normalized spacial score (nSPS) is 11.8. The molecule has 1 N–H and O–H groups in total. The number of hydrogen-bond donors (Lipinski definition) is 1. The second-order valence-electron chi connectivity index (χ2n) is 6.52. The second-order valence-corrected chi connectivity index (χ2v) is 6.52. The van der Waals surface area contributed by atoms with E-state index in [4.69, 9.17) is 5.26 Å². The van der Waals surface area contributed by atoms with Crippen molar-refractivity contribution in [2.24, 2.45) is 0 Å². The first kappa shape index (κ1) is 17.6. The maximum Gasteiger partial charge on any atom is 0.224 e. The van der Waals surface area contributed by atoms with Gasteiger partial charge in [0.25, 0.3) is 0 Å². The van der Waals surface area contributed by atoms with E-state index in [1.165, 1.54) is 0 Å². The fraction of sp³-hybridized carbons (Fsp3) is 0.227. The zero-order valence-corrected chi connectivity index (χ0v) is 15.2. The molecule has 0 saturated carbocycles. The van der Waals surface area contributed by atoms with Crippen molar-refractivity contribution < 1.29 is 4.79 Å². The van der Waals surface area contributed by atoms with Crippen molar-refractivity contribution in [1.82, 2.24) is 10.3 Å². The summed E-state index contributed by atoms with van der Waals surface area (Å²) in [5.41, 5.74) is 5.52. The average Bonchev–Trinajstić information content (AvgIpc) is 2.65. The lowest BCUT2D eigenvalue weighted by Gasteiger charge is -2.16. The van der Waals surface area contributed by atoms with Crippen molar-refractivity contribution in [3.8, 4) is 6.07 Å². The summed E-state index contributed by atoms with van der Waals surface area (Å²) in [6, 6.07) is 17.2. The number of para-hydroxylation sites is 1. The SMILES string of the molecule is Cc1nc2ccccc2c(C)c1CC(=O)NC(C)c1ccc(C#N)cc1. The molecule has 2 aromatic carbocycles. The molecule has 0 saturated heterocycles. The third kappa shape index (κ3) is 3.57. The average molecular weight is 343 g/mol. The Bertz CT molecular complexity index is 1000. The first-order chi connectivity index (χ1) is 12.5. The summed E-state index contributed by atoms with van der Waals surface area (Å²) in [6.45, 7) is 5.94. The number of nitrogens with zero attached hydrogens (tertiary/aromatic N) is 2. The van der Waals surface area contributed by atoms with Crippen LogP contribution in [-0.2, 0) is 11.2 Å². The molecule has 0 fully saturated rings. The van der Waals surface area contributed by atoms with E-state index >= 15 is 0 Å². The summed E-state index contributed by atoms with van der Waals surface area (Å²) >= 11 is 0. The van der Waals surface area contributed by atoms with Crippen LogP contribution in [0.3, 0.4) is 0 Å². The van der Waals surface area contributed by atoms with Crippen LogP contribution in [0.15, 0.2) is 48.5 Å². The molecular weight excluding hydrogens is 322 g/mol. The maximum absolute atomic E-state index is 12.6. The van der Waals surface area contributed by atoms with Gasteiger partial charge < -0.3 is 5.32 Å². The van der Waals surface area contributed by atoms with E-state index in [2.05, 4.69) is 16.4 Å². The number of fused-ring (bicyclic) bond motifs is 1. The third-order valence-corrected chi connectivity index (χ3v) is 4.74. The molecule has 3 aromatic rings. The maximum atomic E-state index is 12.6. The summed E-state index contributed by atoms with van der Waals surface area (Å²) in [5.74, 6) is -0.0369. The predicted octanol–water partition coefficient (Wildman–Crippen LogP) is 4.14. The Morgan fingerprint density at radius 1 is 1.15 bits per heavy atom. The van der Waals surface area contributed by atoms with Gasteiger partial charge in [0.1, 0.15) is 0 Å². The molecule has 1 heterocycles. The molecule has 130 valence electrons. The molecule has 0 spiro atoms. The molecule has 0 aliphatic carbocycles. The van der Waals surface area contributed by atoms with Gasteiger partial charge in [-0.25, -0.2) is 0 Å². The van der Waals surface area contributed by atoms with Crippen LogP contribution in [0.5, 0.6) is 0 Å². The van der Waals surface area contributed by atoms with E-state index in [-0.39, 0.29) is 11.9 Å². The standard InChI is InChI=1S/C22H21N3O/c1-14-19-6-4-5-7-21(19)24-16(3)20(14)12-22(26)25-15(2)18-10-8-17(13-23)9-11-18/h4-11,15H,12H2,1-3H3,(H,25,26). The summed E-state index contributed by atoms with van der Waals surface area (Å²) in [7, 11) is 0. The van der Waals surface area contributed by atoms with Crippen molar-refractivity contribution >= 4 is 16.8 Å². The number of aromatic nitrogens is 1. The molecule has 1 atom stereocenters. The van der Waals surface area contributed by atoms with Gasteiger partial charge in [-0.2, -0.15) is 5.26 Å². The van der Waals surface area contributed by atoms with E-state index in [1.54, 1.807) is 12.1 Å². The molecular formula is C22H21N3O. The Balaban J connectivity index is 1.77. The quantitative estimate of drug-likeness (QED) is 0.774. The van der Waals surface area contributed by atoms with Gasteiger partial charge >= 0.3 is 0 Å². The minimum Gasteiger partial charge on any atom is -0.349 e. The highest BCUT2D eigenvalue weighted by Gasteiger charge is 2.15. The molecule has 1 amide bonds. The van der Waals surface area contributed by atoms with Gasteiger partial charge in [0.15, 0.2) is 0 Å². The minimum absolute atomic E-state index is 0.0369. The van der Waals surface area contributed by atoms with Gasteiger partial charge in [0.05, 0.1) is 29.6 Å². The molecule has 4 nitrogen and oxygen atoms in total. The number of pyridine rings is 1. The number of carbonyl (C=O) groups is 1. The molecule has 26 heavy (non-hydrogen) atoms. The van der Waals surface area contributed by atoms with Crippen LogP contribution in [0.25, 0.3) is 10.9 Å². The van der Waals surface area contributed by atoms with Gasteiger partial charge in [-0.05, 0) is 55.7 Å². The molecule has 0 aliphatic heterocycles. The minimum atomic E-state index is -0.121. The van der Waals surface area contributed by atoms with Crippen molar-refractivity contribution in [2.75, 3.05) is 0 Å². The van der Waals surface area contributed by atoms with Crippen molar-refractivity contribution in [3.63, 3.8) is 0 Å². The molecule has 0 aliphatic rings. The summed E-state index contributed by atoms with van der Waals surface area (Å²) in [4.78, 5) is 17.2. The van der Waals surface area contributed by atoms with E-state index in [9.17, 15) is 4.79 Å². The van der Waals surface area contributed by atoms with Gasteiger partial charge in [0.2, 0.25) is 5.91 Å². The van der Waals surface area contributed by atoms with Crippen LogP contribution in [0.2, 0.25) is 0 Å². The summed E-state index contributed by atoms with van der Waals surface area (Å²) < 4.78 is 0. The van der Waals surface area contributed by atoms with Crippen LogP contribution < -0.4 is 5.32 Å². The fourth-order valence-electron chi connectivity index (χ4n) is 3.21. The number of rotatable bonds is 4. The smallest absolute Gasteiger partial charge is 0.224 e. The van der Waals surface area contributed by atoms with E-state index in [0.29, 0.717) is 12.0 Å². The Labute approximate surface area is 153 Å². The van der Waals surface area contributed by atoms with Crippen molar-refractivity contribution in [2.45, 2.75) is 33.2 Å². The third-order valence-electron chi connectivity index (χ3n) is 4.74. The van der Waals surface area contributed by atoms with Crippen molar-refractivity contribution in [3.05, 3.63) is 76.5 Å². The zero-order chi connectivity index (χ0) is 18.7. The van der Waals surface area contributed by atoms with Gasteiger partial charge in [-0.15, -0.1) is 0 Å². The van der Waals surface area contributed by atoms with Gasteiger partial charge in [-0.1, -0.05) is 30.3 Å². The molecule has 3 rings (SSSR count). The van der Waals surface area contributed by atoms with Crippen LogP contribution in [0, 0.1) is 25.2 Å². The van der Waals surface area contributed by atoms with Crippen LogP contribution in [-0.4, -0.2) is 10.9 Å². The van der Waals surface area contributed by atoms with Crippen LogP contribution >= 0.6 is 0 Å². The topological polar surface area (TPSA) is 65.8 Å². The van der Waals surface area contributed by atoms with E-state index in [0.717, 1.165) is 33.3 Å². The Morgan fingerprint density at radius 3 is 2.54 bits per heavy atom. The first-order valence-electron chi connectivity index (χ1n) is 8.64. The lowest BCUT2D eigenvalue weighted by atomic mass is 9.99. The monoisotopic (exact) mass is 343 g/mol. The number of benzene rings is 2. The Morgan fingerprint density at radius 2 is 1.85 bits per heavy atom. The second kappa shape index (κ2) is 7.37. The molecule has 4 heteroatoms. The number of nitriles is 1. The van der Waals surface area contributed by atoms with Gasteiger partial charge in [0, 0.05) is 11.1 Å². The van der Waals surface area contributed by atoms with Crippen molar-refractivity contribution in [1.29, 1.82) is 5.26 Å². The lowest BCUT2D eigenvalue weighted by Crippen LogP contribution is -2.28. The molecule has 1 aromatic heterocycles. The summed E-state index contributed by atoms with van der Waals surface area (Å²) in [6.07, 6.45) is 0.302. The molecule has 1 unspecified atom stereocenters. The number of amides is 1. The number of nitrogens with one attached hydrogen (secondary N) is 1. The largest absolute Gasteiger partial charge is 0.349 e. The molecule has 0 bridgehead atoms. The van der Waals surface area contributed by atoms with Crippen LogP contribution in [0.4, 0.5) is 0 Å². The zero-order valence-electron chi connectivity index (χ0n) is 15.2. The Kier molecular flexibility index (Phi) is 4.99. The Hall–Kier alpha value is -3.19.